The Hall–Kier alpha value is -1.35. The van der Waals surface area contributed by atoms with Crippen molar-refractivity contribution in [3.63, 3.8) is 0 Å². The second kappa shape index (κ2) is 6.71. The molecule has 1 aliphatic heterocycles. The molecule has 104 valence electrons. The van der Waals surface area contributed by atoms with Gasteiger partial charge < -0.3 is 10.6 Å². The number of carbonyl (C=O) groups excluding carboxylic acids is 1. The Morgan fingerprint density at radius 2 is 2.05 bits per heavy atom. The van der Waals surface area contributed by atoms with Crippen molar-refractivity contribution in [2.45, 2.75) is 51.1 Å². The van der Waals surface area contributed by atoms with E-state index in [1.165, 1.54) is 12.8 Å². The lowest BCUT2D eigenvalue weighted by atomic mass is 10.0. The van der Waals surface area contributed by atoms with Gasteiger partial charge in [0.15, 0.2) is 0 Å². The number of amides is 1. The van der Waals surface area contributed by atoms with Crippen molar-refractivity contribution >= 4 is 5.91 Å². The first-order valence-corrected chi connectivity index (χ1v) is 7.28. The summed E-state index contributed by atoms with van der Waals surface area (Å²) in [5, 5.41) is 0. The van der Waals surface area contributed by atoms with Crippen molar-refractivity contribution in [1.82, 2.24) is 4.90 Å². The minimum atomic E-state index is -0.191. The fourth-order valence-corrected chi connectivity index (χ4v) is 2.77. The Morgan fingerprint density at radius 1 is 1.32 bits per heavy atom. The Labute approximate surface area is 115 Å². The molecule has 0 aromatic heterocycles. The molecule has 3 heteroatoms. The first-order chi connectivity index (χ1) is 9.18. The summed E-state index contributed by atoms with van der Waals surface area (Å²) in [5.74, 6) is 0.200. The van der Waals surface area contributed by atoms with Gasteiger partial charge in [-0.3, -0.25) is 4.79 Å². The highest BCUT2D eigenvalue weighted by molar-refractivity contribution is 5.77. The Kier molecular flexibility index (Phi) is 4.97. The van der Waals surface area contributed by atoms with Crippen LogP contribution in [0.4, 0.5) is 0 Å². The van der Waals surface area contributed by atoms with Gasteiger partial charge in [0, 0.05) is 25.0 Å². The zero-order valence-corrected chi connectivity index (χ0v) is 11.7. The van der Waals surface area contributed by atoms with Gasteiger partial charge in [-0.25, -0.2) is 0 Å². The van der Waals surface area contributed by atoms with Crippen LogP contribution in [0.1, 0.15) is 50.6 Å². The third-order valence-electron chi connectivity index (χ3n) is 4.00. The van der Waals surface area contributed by atoms with Gasteiger partial charge in [-0.05, 0) is 25.3 Å². The molecule has 2 rings (SSSR count). The van der Waals surface area contributed by atoms with Crippen LogP contribution in [0.3, 0.4) is 0 Å². The highest BCUT2D eigenvalue weighted by atomic mass is 16.2. The molecule has 2 atom stereocenters. The predicted octanol–water partition coefficient (Wildman–Crippen LogP) is 2.87. The van der Waals surface area contributed by atoms with Crippen LogP contribution in [0, 0.1) is 0 Å². The van der Waals surface area contributed by atoms with E-state index in [-0.39, 0.29) is 11.9 Å². The fourth-order valence-electron chi connectivity index (χ4n) is 2.77. The van der Waals surface area contributed by atoms with Crippen molar-refractivity contribution in [3.8, 4) is 0 Å². The van der Waals surface area contributed by atoms with Crippen LogP contribution in [0.15, 0.2) is 30.3 Å². The average molecular weight is 260 g/mol. The number of nitrogens with two attached hydrogens (primary N) is 1. The van der Waals surface area contributed by atoms with Gasteiger partial charge in [0.1, 0.15) is 0 Å². The molecule has 1 amide bonds. The number of likely N-dealkylation sites (tertiary alicyclic amines) is 1. The Morgan fingerprint density at radius 3 is 2.79 bits per heavy atom. The molecule has 0 radical (unpaired) electrons. The Bertz CT molecular complexity index is 404. The first kappa shape index (κ1) is 14.1. The maximum absolute atomic E-state index is 12.4. The number of hydrogen-bond donors (Lipinski definition) is 1. The van der Waals surface area contributed by atoms with Crippen molar-refractivity contribution in [1.29, 1.82) is 0 Å². The van der Waals surface area contributed by atoms with Crippen LogP contribution >= 0.6 is 0 Å². The fraction of sp³-hybridized carbons (Fsp3) is 0.562. The SMILES string of the molecule is C[C@@H]1CCCCCN1C(=O)C[C@@H](N)c1ccccc1. The predicted molar refractivity (Wildman–Crippen MR) is 77.6 cm³/mol. The normalized spacial score (nSPS) is 21.8. The maximum Gasteiger partial charge on any atom is 0.224 e. The summed E-state index contributed by atoms with van der Waals surface area (Å²) in [6, 6.07) is 10.0. The summed E-state index contributed by atoms with van der Waals surface area (Å²) in [6.45, 7) is 3.04. The summed E-state index contributed by atoms with van der Waals surface area (Å²) in [4.78, 5) is 14.4. The number of rotatable bonds is 3. The summed E-state index contributed by atoms with van der Waals surface area (Å²) in [7, 11) is 0. The molecule has 0 spiro atoms. The summed E-state index contributed by atoms with van der Waals surface area (Å²) >= 11 is 0. The minimum Gasteiger partial charge on any atom is -0.340 e. The maximum atomic E-state index is 12.4. The van der Waals surface area contributed by atoms with Crippen LogP contribution < -0.4 is 5.73 Å². The molecule has 0 saturated carbocycles. The zero-order chi connectivity index (χ0) is 13.7. The Balaban J connectivity index is 1.96. The molecule has 19 heavy (non-hydrogen) atoms. The molecule has 3 nitrogen and oxygen atoms in total. The molecule has 0 unspecified atom stereocenters. The van der Waals surface area contributed by atoms with E-state index in [0.717, 1.165) is 24.9 Å². The van der Waals surface area contributed by atoms with Gasteiger partial charge in [-0.2, -0.15) is 0 Å². The highest BCUT2D eigenvalue weighted by Gasteiger charge is 2.23. The van der Waals surface area contributed by atoms with E-state index in [4.69, 9.17) is 5.73 Å². The number of nitrogens with zero attached hydrogens (tertiary/aromatic N) is 1. The van der Waals surface area contributed by atoms with Crippen LogP contribution in [-0.4, -0.2) is 23.4 Å². The molecule has 1 aromatic rings. The lowest BCUT2D eigenvalue weighted by Gasteiger charge is -2.28. The second-order valence-corrected chi connectivity index (χ2v) is 5.51. The summed E-state index contributed by atoms with van der Waals surface area (Å²) in [6.07, 6.45) is 5.12. The van der Waals surface area contributed by atoms with Crippen molar-refractivity contribution in [2.75, 3.05) is 6.54 Å². The van der Waals surface area contributed by atoms with E-state index >= 15 is 0 Å². The standard InChI is InChI=1S/C16H24N2O/c1-13-8-4-3-7-11-18(13)16(19)12-15(17)14-9-5-2-6-10-14/h2,5-6,9-10,13,15H,3-4,7-8,11-12,17H2,1H3/t13-,15-/m1/s1. The quantitative estimate of drug-likeness (QED) is 0.908. The molecule has 2 N–H and O–H groups in total. The number of hydrogen-bond acceptors (Lipinski definition) is 2. The topological polar surface area (TPSA) is 46.3 Å². The second-order valence-electron chi connectivity index (χ2n) is 5.51. The molecule has 1 aliphatic rings. The van der Waals surface area contributed by atoms with Crippen molar-refractivity contribution < 1.29 is 4.79 Å². The average Bonchev–Trinajstić information content (AvgIpc) is 2.64. The van der Waals surface area contributed by atoms with E-state index < -0.39 is 0 Å². The van der Waals surface area contributed by atoms with E-state index in [9.17, 15) is 4.79 Å². The largest absolute Gasteiger partial charge is 0.340 e. The molecule has 1 fully saturated rings. The van der Waals surface area contributed by atoms with Gasteiger partial charge in [0.05, 0.1) is 0 Å². The van der Waals surface area contributed by atoms with Crippen LogP contribution in [0.25, 0.3) is 0 Å². The van der Waals surface area contributed by atoms with Gasteiger partial charge in [-0.1, -0.05) is 43.2 Å². The third kappa shape index (κ3) is 3.80. The molecule has 1 aromatic carbocycles. The van der Waals surface area contributed by atoms with Crippen LogP contribution in [0.2, 0.25) is 0 Å². The molecular weight excluding hydrogens is 236 g/mol. The third-order valence-corrected chi connectivity index (χ3v) is 4.00. The van der Waals surface area contributed by atoms with E-state index in [1.807, 2.05) is 35.2 Å². The van der Waals surface area contributed by atoms with E-state index in [1.54, 1.807) is 0 Å². The zero-order valence-electron chi connectivity index (χ0n) is 11.7. The van der Waals surface area contributed by atoms with Gasteiger partial charge in [0.25, 0.3) is 0 Å². The molecule has 1 saturated heterocycles. The first-order valence-electron chi connectivity index (χ1n) is 7.28. The lowest BCUT2D eigenvalue weighted by Crippen LogP contribution is -2.39. The molecule has 0 aliphatic carbocycles. The molecule has 0 bridgehead atoms. The number of benzene rings is 1. The molecular formula is C16H24N2O. The van der Waals surface area contributed by atoms with Gasteiger partial charge in [-0.15, -0.1) is 0 Å². The highest BCUT2D eigenvalue weighted by Crippen LogP contribution is 2.20. The van der Waals surface area contributed by atoms with E-state index in [2.05, 4.69) is 6.92 Å². The van der Waals surface area contributed by atoms with Crippen LogP contribution in [-0.2, 0) is 4.79 Å². The molecule has 1 heterocycles. The monoisotopic (exact) mass is 260 g/mol. The van der Waals surface area contributed by atoms with Crippen LogP contribution in [0.5, 0.6) is 0 Å². The summed E-state index contributed by atoms with van der Waals surface area (Å²) < 4.78 is 0. The smallest absolute Gasteiger partial charge is 0.224 e. The van der Waals surface area contributed by atoms with Crippen molar-refractivity contribution in [3.05, 3.63) is 35.9 Å². The van der Waals surface area contributed by atoms with E-state index in [0.29, 0.717) is 12.5 Å². The minimum absolute atomic E-state index is 0.191. The van der Waals surface area contributed by atoms with Gasteiger partial charge in [0.2, 0.25) is 5.91 Å². The number of carbonyl (C=O) groups is 1. The van der Waals surface area contributed by atoms with Gasteiger partial charge >= 0.3 is 0 Å². The lowest BCUT2D eigenvalue weighted by molar-refractivity contribution is -0.133. The van der Waals surface area contributed by atoms with Crippen molar-refractivity contribution in [2.24, 2.45) is 5.73 Å². The summed E-state index contributed by atoms with van der Waals surface area (Å²) in [5.41, 5.74) is 7.18.